The van der Waals surface area contributed by atoms with Gasteiger partial charge in [-0.2, -0.15) is 0 Å². The minimum absolute atomic E-state index is 0.0521. The Morgan fingerprint density at radius 1 is 1.21 bits per heavy atom. The summed E-state index contributed by atoms with van der Waals surface area (Å²) < 4.78 is 4.94. The highest BCUT2D eigenvalue weighted by molar-refractivity contribution is 9.10. The van der Waals surface area contributed by atoms with E-state index in [4.69, 9.17) is 0 Å². The Balaban J connectivity index is 1.38. The van der Waals surface area contributed by atoms with Crippen molar-refractivity contribution in [3.63, 3.8) is 0 Å². The van der Waals surface area contributed by atoms with Crippen molar-refractivity contribution in [1.82, 2.24) is 24.3 Å². The molecule has 3 heterocycles. The molecule has 0 bridgehead atoms. The smallest absolute Gasteiger partial charge is 0.230 e. The molecule has 4 rings (SSSR count). The molecule has 8 heteroatoms. The van der Waals surface area contributed by atoms with Gasteiger partial charge in [0, 0.05) is 29.3 Å². The van der Waals surface area contributed by atoms with E-state index in [0.29, 0.717) is 12.3 Å². The molecule has 0 aliphatic rings. The summed E-state index contributed by atoms with van der Waals surface area (Å²) in [6.45, 7) is 4.58. The van der Waals surface area contributed by atoms with E-state index in [9.17, 15) is 4.79 Å². The molecule has 3 aromatic heterocycles. The summed E-state index contributed by atoms with van der Waals surface area (Å²) in [5, 5.41) is 3.73. The van der Waals surface area contributed by atoms with Crippen LogP contribution in [0, 0.1) is 13.8 Å². The van der Waals surface area contributed by atoms with Crippen LogP contribution in [0.1, 0.15) is 16.8 Å². The molecule has 1 aromatic carbocycles. The first kappa shape index (κ1) is 19.7. The van der Waals surface area contributed by atoms with E-state index in [-0.39, 0.29) is 5.91 Å². The fraction of sp³-hybridized carbons (Fsp3) is 0.190. The Morgan fingerprint density at radius 2 is 2.07 bits per heavy atom. The highest BCUT2D eigenvalue weighted by Crippen LogP contribution is 2.24. The quantitative estimate of drug-likeness (QED) is 0.427. The molecular weight excluding hydrogens is 450 g/mol. The Bertz CT molecular complexity index is 1180. The maximum Gasteiger partial charge on any atom is 0.230 e. The highest BCUT2D eigenvalue weighted by Gasteiger charge is 2.12. The normalized spacial score (nSPS) is 11.1. The van der Waals surface area contributed by atoms with Crippen LogP contribution in [0.4, 0.5) is 0 Å². The largest absolute Gasteiger partial charge is 0.350 e. The first-order chi connectivity index (χ1) is 14.0. The van der Waals surface area contributed by atoms with E-state index in [1.807, 2.05) is 45.8 Å². The Hall–Kier alpha value is -2.58. The number of nitrogens with one attached hydrogen (secondary N) is 1. The number of pyridine rings is 1. The van der Waals surface area contributed by atoms with Crippen molar-refractivity contribution >= 4 is 39.2 Å². The summed E-state index contributed by atoms with van der Waals surface area (Å²) in [4.78, 5) is 21.3. The van der Waals surface area contributed by atoms with Gasteiger partial charge < -0.3 is 9.72 Å². The topological polar surface area (TPSA) is 64.2 Å². The fourth-order valence-electron chi connectivity index (χ4n) is 3.05. The number of hydrogen-bond acceptors (Lipinski definition) is 4. The molecule has 0 aliphatic heterocycles. The van der Waals surface area contributed by atoms with Crippen LogP contribution in [0.25, 0.3) is 11.3 Å². The number of carbonyl (C=O) groups excluding carboxylic acids is 1. The fourth-order valence-corrected chi connectivity index (χ4v) is 4.20. The van der Waals surface area contributed by atoms with Gasteiger partial charge in [0.1, 0.15) is 5.65 Å². The van der Waals surface area contributed by atoms with Gasteiger partial charge in [0.15, 0.2) is 5.16 Å². The van der Waals surface area contributed by atoms with Crippen LogP contribution in [0.5, 0.6) is 0 Å². The lowest BCUT2D eigenvalue weighted by Crippen LogP contribution is -2.24. The van der Waals surface area contributed by atoms with E-state index in [1.54, 1.807) is 6.20 Å². The molecule has 0 radical (unpaired) electrons. The maximum atomic E-state index is 12.3. The average Bonchev–Trinajstić information content (AvgIpc) is 3.33. The number of amides is 1. The van der Waals surface area contributed by atoms with Gasteiger partial charge in [0.2, 0.25) is 5.91 Å². The van der Waals surface area contributed by atoms with Crippen molar-refractivity contribution in [3.8, 4) is 5.69 Å². The van der Waals surface area contributed by atoms with Gasteiger partial charge >= 0.3 is 0 Å². The number of nitrogens with zero attached hydrogens (tertiary/aromatic N) is 4. The van der Waals surface area contributed by atoms with Gasteiger partial charge in [-0.1, -0.05) is 23.9 Å². The zero-order valence-electron chi connectivity index (χ0n) is 16.1. The highest BCUT2D eigenvalue weighted by atomic mass is 79.9. The Morgan fingerprint density at radius 3 is 2.93 bits per heavy atom. The van der Waals surface area contributed by atoms with E-state index >= 15 is 0 Å². The number of halogens is 1. The summed E-state index contributed by atoms with van der Waals surface area (Å²) in [5.74, 6) is 0.240. The number of carbonyl (C=O) groups is 1. The van der Waals surface area contributed by atoms with Gasteiger partial charge in [0.25, 0.3) is 0 Å². The average molecular weight is 470 g/mol. The predicted molar refractivity (Wildman–Crippen MR) is 119 cm³/mol. The number of fused-ring (bicyclic) bond motifs is 1. The molecule has 1 N–H and O–H groups in total. The molecule has 0 unspecified atom stereocenters. The molecule has 148 valence electrons. The minimum atomic E-state index is -0.0521. The summed E-state index contributed by atoms with van der Waals surface area (Å²) in [6, 6.07) is 10.1. The number of thioether (sulfide) groups is 1. The molecule has 29 heavy (non-hydrogen) atoms. The van der Waals surface area contributed by atoms with Gasteiger partial charge in [0.05, 0.1) is 23.7 Å². The zero-order valence-corrected chi connectivity index (χ0v) is 18.5. The van der Waals surface area contributed by atoms with Crippen molar-refractivity contribution in [1.29, 1.82) is 0 Å². The van der Waals surface area contributed by atoms with E-state index in [2.05, 4.69) is 57.2 Å². The van der Waals surface area contributed by atoms with Gasteiger partial charge in [-0.15, -0.1) is 0 Å². The lowest BCUT2D eigenvalue weighted by atomic mass is 10.1. The van der Waals surface area contributed by atoms with Crippen LogP contribution in [0.2, 0.25) is 0 Å². The summed E-state index contributed by atoms with van der Waals surface area (Å²) in [6.07, 6.45) is 7.55. The van der Waals surface area contributed by atoms with Crippen molar-refractivity contribution in [2.24, 2.45) is 0 Å². The third-order valence-corrected chi connectivity index (χ3v) is 6.14. The lowest BCUT2D eigenvalue weighted by Gasteiger charge is -2.12. The van der Waals surface area contributed by atoms with E-state index in [0.717, 1.165) is 26.7 Å². The second kappa shape index (κ2) is 8.42. The molecule has 4 aromatic rings. The van der Waals surface area contributed by atoms with Crippen molar-refractivity contribution in [3.05, 3.63) is 76.4 Å². The number of hydrogen-bond donors (Lipinski definition) is 1. The molecule has 0 saturated heterocycles. The number of imidazole rings is 2. The Kier molecular flexibility index (Phi) is 5.73. The van der Waals surface area contributed by atoms with Crippen molar-refractivity contribution in [2.75, 3.05) is 5.75 Å². The first-order valence-electron chi connectivity index (χ1n) is 9.14. The second-order valence-electron chi connectivity index (χ2n) is 6.71. The molecule has 0 spiro atoms. The SMILES string of the molecule is Cc1cccc(-n2ccnc2SCC(=O)NCc2cn3cc(Br)ccc3n2)c1C. The van der Waals surface area contributed by atoms with Crippen LogP contribution < -0.4 is 5.32 Å². The molecule has 6 nitrogen and oxygen atoms in total. The standard InChI is InChI=1S/C21H20BrN5OS/c1-14-4-3-5-18(15(14)2)27-9-8-23-21(27)29-13-20(28)24-10-17-12-26-11-16(22)6-7-19(26)25-17/h3-9,11-12H,10,13H2,1-2H3,(H,24,28). The van der Waals surface area contributed by atoms with Crippen LogP contribution in [-0.4, -0.2) is 30.6 Å². The minimum Gasteiger partial charge on any atom is -0.350 e. The number of aryl methyl sites for hydroxylation is 1. The Labute approximate surface area is 181 Å². The molecule has 0 atom stereocenters. The summed E-state index contributed by atoms with van der Waals surface area (Å²) in [7, 11) is 0. The van der Waals surface area contributed by atoms with Crippen molar-refractivity contribution < 1.29 is 4.79 Å². The number of rotatable bonds is 6. The first-order valence-corrected chi connectivity index (χ1v) is 10.9. The molecular formula is C21H20BrN5OS. The molecule has 1 amide bonds. The maximum absolute atomic E-state index is 12.3. The van der Waals surface area contributed by atoms with Gasteiger partial charge in [-0.05, 0) is 59.1 Å². The summed E-state index contributed by atoms with van der Waals surface area (Å²) in [5.41, 5.74) is 5.18. The van der Waals surface area contributed by atoms with Gasteiger partial charge in [-0.3, -0.25) is 9.36 Å². The van der Waals surface area contributed by atoms with Gasteiger partial charge in [-0.25, -0.2) is 9.97 Å². The second-order valence-corrected chi connectivity index (χ2v) is 8.57. The predicted octanol–water partition coefficient (Wildman–Crippen LogP) is 4.31. The molecule has 0 aliphatic carbocycles. The number of benzene rings is 1. The van der Waals surface area contributed by atoms with Crippen molar-refractivity contribution in [2.45, 2.75) is 25.5 Å². The molecule has 0 saturated carbocycles. The van der Waals surface area contributed by atoms with E-state index in [1.165, 1.54) is 22.9 Å². The monoisotopic (exact) mass is 469 g/mol. The third kappa shape index (κ3) is 4.38. The number of aromatic nitrogens is 4. The lowest BCUT2D eigenvalue weighted by molar-refractivity contribution is -0.118. The molecule has 0 fully saturated rings. The van der Waals surface area contributed by atoms with E-state index < -0.39 is 0 Å². The third-order valence-electron chi connectivity index (χ3n) is 4.71. The van der Waals surface area contributed by atoms with Crippen LogP contribution >= 0.6 is 27.7 Å². The van der Waals surface area contributed by atoms with Crippen LogP contribution in [-0.2, 0) is 11.3 Å². The van der Waals surface area contributed by atoms with Crippen LogP contribution in [0.15, 0.2) is 64.7 Å². The summed E-state index contributed by atoms with van der Waals surface area (Å²) >= 11 is 4.87. The van der Waals surface area contributed by atoms with Crippen LogP contribution in [0.3, 0.4) is 0 Å². The zero-order chi connectivity index (χ0) is 20.4.